The van der Waals surface area contributed by atoms with Crippen molar-refractivity contribution in [2.75, 3.05) is 39.0 Å². The highest BCUT2D eigenvalue weighted by molar-refractivity contribution is 7.88. The largest absolute Gasteiger partial charge is 0.480 e. The van der Waals surface area contributed by atoms with E-state index >= 15 is 0 Å². The van der Waals surface area contributed by atoms with E-state index in [1.54, 1.807) is 11.3 Å². The second-order valence-electron chi connectivity index (χ2n) is 6.16. The molecule has 2 heterocycles. The highest BCUT2D eigenvalue weighted by Crippen LogP contribution is 2.16. The first-order valence-corrected chi connectivity index (χ1v) is 10.9. The van der Waals surface area contributed by atoms with Crippen LogP contribution in [0.1, 0.15) is 24.0 Å². The molecule has 0 spiro atoms. The first kappa shape index (κ1) is 20.2. The fourth-order valence-corrected chi connectivity index (χ4v) is 4.38. The smallest absolute Gasteiger partial charge is 0.318 e. The summed E-state index contributed by atoms with van der Waals surface area (Å²) in [6.45, 7) is 4.09. The fraction of sp³-hybridized carbons (Fsp3) is 0.733. The number of ether oxygens (including phenoxy) is 1. The van der Waals surface area contributed by atoms with E-state index < -0.39 is 22.5 Å². The molecule has 10 heteroatoms. The van der Waals surface area contributed by atoms with Crippen LogP contribution in [0.5, 0.6) is 0 Å². The molecule has 0 aromatic carbocycles. The van der Waals surface area contributed by atoms with Gasteiger partial charge in [0.05, 0.1) is 29.7 Å². The van der Waals surface area contributed by atoms with Crippen molar-refractivity contribution in [1.82, 2.24) is 14.2 Å². The van der Waals surface area contributed by atoms with E-state index in [1.807, 2.05) is 0 Å². The van der Waals surface area contributed by atoms with Crippen LogP contribution in [0.2, 0.25) is 0 Å². The predicted octanol–water partition coefficient (Wildman–Crippen LogP) is 0.643. The summed E-state index contributed by atoms with van der Waals surface area (Å²) in [4.78, 5) is 17.7. The molecule has 1 aromatic heterocycles. The zero-order valence-electron chi connectivity index (χ0n) is 14.5. The molecule has 0 radical (unpaired) electrons. The van der Waals surface area contributed by atoms with E-state index in [1.165, 1.54) is 0 Å². The van der Waals surface area contributed by atoms with E-state index in [4.69, 9.17) is 9.84 Å². The Labute approximate surface area is 152 Å². The maximum atomic E-state index is 11.8. The van der Waals surface area contributed by atoms with Crippen LogP contribution >= 0.6 is 11.3 Å². The number of hydrogen-bond donors (Lipinski definition) is 1. The number of thiazole rings is 1. The number of carbonyl (C=O) groups is 1. The Kier molecular flexibility index (Phi) is 7.32. The molecule has 1 aliphatic heterocycles. The first-order valence-electron chi connectivity index (χ1n) is 8.22. The Morgan fingerprint density at radius 3 is 2.96 bits per heavy atom. The van der Waals surface area contributed by atoms with Gasteiger partial charge in [0.2, 0.25) is 10.0 Å². The van der Waals surface area contributed by atoms with Crippen molar-refractivity contribution in [3.63, 3.8) is 0 Å². The number of aryl methyl sites for hydroxylation is 1. The second kappa shape index (κ2) is 9.04. The Bertz CT molecular complexity index is 676. The summed E-state index contributed by atoms with van der Waals surface area (Å²) in [5.41, 5.74) is 1.01. The fourth-order valence-electron chi connectivity index (χ4n) is 2.71. The predicted molar refractivity (Wildman–Crippen MR) is 95.2 cm³/mol. The number of hydrogen-bond acceptors (Lipinski definition) is 7. The quantitative estimate of drug-likeness (QED) is 0.659. The minimum absolute atomic E-state index is 0.0415. The van der Waals surface area contributed by atoms with Crippen molar-refractivity contribution >= 4 is 27.3 Å². The van der Waals surface area contributed by atoms with Crippen LogP contribution in [-0.4, -0.2) is 78.8 Å². The average Bonchev–Trinajstić information content (AvgIpc) is 2.93. The molecule has 142 valence electrons. The van der Waals surface area contributed by atoms with E-state index in [-0.39, 0.29) is 12.6 Å². The van der Waals surface area contributed by atoms with Gasteiger partial charge in [-0.2, -0.15) is 4.31 Å². The summed E-state index contributed by atoms with van der Waals surface area (Å²) >= 11 is 1.66. The molecule has 0 unspecified atom stereocenters. The van der Waals surface area contributed by atoms with Gasteiger partial charge in [-0.3, -0.25) is 9.69 Å². The Hall–Kier alpha value is -1.07. The van der Waals surface area contributed by atoms with Crippen LogP contribution in [0, 0.1) is 0 Å². The lowest BCUT2D eigenvalue weighted by molar-refractivity contribution is -0.137. The Morgan fingerprint density at radius 1 is 1.56 bits per heavy atom. The molecule has 1 aliphatic rings. The van der Waals surface area contributed by atoms with Crippen molar-refractivity contribution < 1.29 is 23.1 Å². The molecule has 1 fully saturated rings. The molecule has 0 aliphatic carbocycles. The first-order chi connectivity index (χ1) is 11.8. The van der Waals surface area contributed by atoms with Crippen molar-refractivity contribution in [1.29, 1.82) is 0 Å². The van der Waals surface area contributed by atoms with Crippen molar-refractivity contribution in [3.05, 3.63) is 16.1 Å². The summed E-state index contributed by atoms with van der Waals surface area (Å²) in [7, 11) is -3.60. The topological polar surface area (TPSA) is 100 Å². The van der Waals surface area contributed by atoms with Crippen molar-refractivity contribution in [2.45, 2.75) is 32.4 Å². The van der Waals surface area contributed by atoms with Gasteiger partial charge in [-0.05, 0) is 12.8 Å². The van der Waals surface area contributed by atoms with Gasteiger partial charge in [-0.25, -0.2) is 13.4 Å². The molecule has 1 N–H and O–H groups in total. The van der Waals surface area contributed by atoms with Gasteiger partial charge in [-0.1, -0.05) is 6.92 Å². The Balaban J connectivity index is 1.93. The third kappa shape index (κ3) is 6.63. The molecule has 0 saturated carbocycles. The highest BCUT2D eigenvalue weighted by atomic mass is 32.2. The molecule has 1 aromatic rings. The summed E-state index contributed by atoms with van der Waals surface area (Å²) in [5, 5.41) is 12.1. The van der Waals surface area contributed by atoms with Gasteiger partial charge >= 0.3 is 5.97 Å². The van der Waals surface area contributed by atoms with E-state index in [0.717, 1.165) is 40.6 Å². The Morgan fingerprint density at radius 2 is 2.32 bits per heavy atom. The number of rotatable bonds is 9. The molecule has 0 bridgehead atoms. The number of aliphatic carboxylic acids is 1. The maximum Gasteiger partial charge on any atom is 0.318 e. The van der Waals surface area contributed by atoms with Crippen LogP contribution in [0.25, 0.3) is 0 Å². The van der Waals surface area contributed by atoms with Crippen LogP contribution in [0.4, 0.5) is 0 Å². The third-order valence-electron chi connectivity index (χ3n) is 3.86. The standard InChI is InChI=1S/C15H25N3O5S2/c1-3-4-14-16-12(11-24-14)7-17-5-6-23-13(8-17)9-18(10-15(19)20)25(2,21)22/h11,13H,3-10H2,1-2H3,(H,19,20)/t13-/m0/s1. The molecular weight excluding hydrogens is 366 g/mol. The number of sulfonamides is 1. The molecule has 1 atom stereocenters. The highest BCUT2D eigenvalue weighted by Gasteiger charge is 2.28. The number of carboxylic acid groups (broad SMARTS) is 1. The lowest BCUT2D eigenvalue weighted by Gasteiger charge is -2.34. The second-order valence-corrected chi connectivity index (χ2v) is 9.08. The minimum Gasteiger partial charge on any atom is -0.480 e. The SMILES string of the molecule is CCCc1nc(CN2CCO[C@H](CN(CC(=O)O)S(C)(=O)=O)C2)cs1. The lowest BCUT2D eigenvalue weighted by atomic mass is 10.2. The minimum atomic E-state index is -3.60. The number of carboxylic acids is 1. The summed E-state index contributed by atoms with van der Waals surface area (Å²) in [6, 6.07) is 0. The molecule has 1 saturated heterocycles. The summed E-state index contributed by atoms with van der Waals surface area (Å²) in [5.74, 6) is -1.18. The lowest BCUT2D eigenvalue weighted by Crippen LogP contribution is -2.49. The zero-order chi connectivity index (χ0) is 18.4. The van der Waals surface area contributed by atoms with Gasteiger partial charge in [0, 0.05) is 31.6 Å². The van der Waals surface area contributed by atoms with E-state index in [9.17, 15) is 13.2 Å². The zero-order valence-corrected chi connectivity index (χ0v) is 16.2. The van der Waals surface area contributed by atoms with Crippen LogP contribution in [-0.2, 0) is 32.5 Å². The summed E-state index contributed by atoms with van der Waals surface area (Å²) < 4.78 is 30.1. The molecule has 0 amide bonds. The average molecular weight is 392 g/mol. The molecular formula is C15H25N3O5S2. The number of nitrogens with zero attached hydrogens (tertiary/aromatic N) is 3. The maximum absolute atomic E-state index is 11.8. The van der Waals surface area contributed by atoms with E-state index in [0.29, 0.717) is 19.7 Å². The third-order valence-corrected chi connectivity index (χ3v) is 6.03. The van der Waals surface area contributed by atoms with Crippen molar-refractivity contribution in [2.24, 2.45) is 0 Å². The van der Waals surface area contributed by atoms with Crippen LogP contribution in [0.3, 0.4) is 0 Å². The van der Waals surface area contributed by atoms with E-state index in [2.05, 4.69) is 22.2 Å². The normalized spacial score (nSPS) is 19.4. The molecule has 25 heavy (non-hydrogen) atoms. The van der Waals surface area contributed by atoms with Crippen molar-refractivity contribution in [3.8, 4) is 0 Å². The summed E-state index contributed by atoms with van der Waals surface area (Å²) in [6.07, 6.45) is 2.71. The number of morpholine rings is 1. The molecule has 8 nitrogen and oxygen atoms in total. The van der Waals surface area contributed by atoms with Gasteiger partial charge in [0.1, 0.15) is 6.54 Å². The van der Waals surface area contributed by atoms with Gasteiger partial charge in [0.25, 0.3) is 0 Å². The van der Waals surface area contributed by atoms with Gasteiger partial charge in [0.15, 0.2) is 0 Å². The van der Waals surface area contributed by atoms with Crippen LogP contribution < -0.4 is 0 Å². The monoisotopic (exact) mass is 391 g/mol. The van der Waals surface area contributed by atoms with Crippen LogP contribution in [0.15, 0.2) is 5.38 Å². The molecule has 2 rings (SSSR count). The number of aromatic nitrogens is 1. The van der Waals surface area contributed by atoms with Gasteiger partial charge in [-0.15, -0.1) is 11.3 Å². The van der Waals surface area contributed by atoms with Gasteiger partial charge < -0.3 is 9.84 Å².